The van der Waals surface area contributed by atoms with E-state index in [1.807, 2.05) is 43.5 Å². The molecule has 4 heterocycles. The third-order valence-corrected chi connectivity index (χ3v) is 5.70. The SMILES string of the molecule is Cc1nc2ncnn2c(C)c1CCC(=O)N[C@H](c1ccncc1)c1cccs1. The molecule has 7 nitrogen and oxygen atoms in total. The summed E-state index contributed by atoms with van der Waals surface area (Å²) in [6.45, 7) is 3.93. The van der Waals surface area contributed by atoms with Crippen LogP contribution in [0.1, 0.15) is 39.9 Å². The van der Waals surface area contributed by atoms with E-state index >= 15 is 0 Å². The van der Waals surface area contributed by atoms with Crippen LogP contribution in [0.25, 0.3) is 5.78 Å². The molecule has 0 radical (unpaired) electrons. The van der Waals surface area contributed by atoms with Crippen molar-refractivity contribution in [1.29, 1.82) is 0 Å². The topological polar surface area (TPSA) is 85.1 Å². The van der Waals surface area contributed by atoms with Gasteiger partial charge in [-0.2, -0.15) is 10.1 Å². The second-order valence-corrected chi connectivity index (χ2v) is 7.51. The fourth-order valence-electron chi connectivity index (χ4n) is 3.32. The number of hydrogen-bond donors (Lipinski definition) is 1. The van der Waals surface area contributed by atoms with Crippen molar-refractivity contribution in [2.24, 2.45) is 0 Å². The van der Waals surface area contributed by atoms with Crippen LogP contribution >= 0.6 is 11.3 Å². The summed E-state index contributed by atoms with van der Waals surface area (Å²) in [5, 5.41) is 9.39. The van der Waals surface area contributed by atoms with E-state index in [0.717, 1.165) is 27.4 Å². The van der Waals surface area contributed by atoms with Crippen molar-refractivity contribution < 1.29 is 4.79 Å². The molecule has 4 rings (SSSR count). The van der Waals surface area contributed by atoms with Crippen LogP contribution in [0.4, 0.5) is 0 Å². The number of pyridine rings is 1. The van der Waals surface area contributed by atoms with E-state index < -0.39 is 0 Å². The molecule has 0 aliphatic rings. The Bertz CT molecular complexity index is 1090. The normalized spacial score (nSPS) is 12.2. The molecular formula is C20H20N6OS. The molecule has 0 saturated carbocycles. The average molecular weight is 392 g/mol. The first kappa shape index (κ1) is 18.2. The maximum absolute atomic E-state index is 12.8. The Kier molecular flexibility index (Phi) is 5.12. The molecule has 0 unspecified atom stereocenters. The van der Waals surface area contributed by atoms with Gasteiger partial charge in [0.15, 0.2) is 0 Å². The molecule has 28 heavy (non-hydrogen) atoms. The van der Waals surface area contributed by atoms with Crippen molar-refractivity contribution in [2.75, 3.05) is 0 Å². The number of rotatable bonds is 6. The summed E-state index contributed by atoms with van der Waals surface area (Å²) < 4.78 is 1.71. The lowest BCUT2D eigenvalue weighted by Gasteiger charge is -2.18. The van der Waals surface area contributed by atoms with E-state index in [0.29, 0.717) is 18.6 Å². The van der Waals surface area contributed by atoms with Crippen LogP contribution in [0.2, 0.25) is 0 Å². The minimum absolute atomic E-state index is 0.00676. The number of carbonyl (C=O) groups excluding carboxylic acids is 1. The summed E-state index contributed by atoms with van der Waals surface area (Å²) in [7, 11) is 0. The first-order chi connectivity index (χ1) is 13.6. The van der Waals surface area contributed by atoms with E-state index in [2.05, 4.69) is 25.4 Å². The van der Waals surface area contributed by atoms with E-state index in [1.165, 1.54) is 6.33 Å². The lowest BCUT2D eigenvalue weighted by molar-refractivity contribution is -0.121. The van der Waals surface area contributed by atoms with Gasteiger partial charge in [0, 0.05) is 35.1 Å². The Hall–Kier alpha value is -3.13. The molecule has 0 aromatic carbocycles. The van der Waals surface area contributed by atoms with Gasteiger partial charge in [-0.1, -0.05) is 6.07 Å². The molecule has 0 aliphatic carbocycles. The van der Waals surface area contributed by atoms with Gasteiger partial charge in [-0.25, -0.2) is 9.50 Å². The molecular weight excluding hydrogens is 372 g/mol. The van der Waals surface area contributed by atoms with Gasteiger partial charge in [-0.05, 0) is 55.0 Å². The number of aromatic nitrogens is 5. The third-order valence-electron chi connectivity index (χ3n) is 4.76. The first-order valence-electron chi connectivity index (χ1n) is 9.02. The quantitative estimate of drug-likeness (QED) is 0.545. The zero-order valence-electron chi connectivity index (χ0n) is 15.7. The molecule has 8 heteroatoms. The van der Waals surface area contributed by atoms with Crippen LogP contribution in [0, 0.1) is 13.8 Å². The lowest BCUT2D eigenvalue weighted by atomic mass is 10.0. The predicted octanol–water partition coefficient (Wildman–Crippen LogP) is 3.04. The molecule has 142 valence electrons. The van der Waals surface area contributed by atoms with Crippen LogP contribution in [-0.2, 0) is 11.2 Å². The minimum Gasteiger partial charge on any atom is -0.344 e. The molecule has 0 saturated heterocycles. The summed E-state index contributed by atoms with van der Waals surface area (Å²) >= 11 is 1.63. The van der Waals surface area contributed by atoms with Crippen molar-refractivity contribution in [3.05, 3.63) is 75.8 Å². The van der Waals surface area contributed by atoms with Gasteiger partial charge in [0.05, 0.1) is 6.04 Å². The van der Waals surface area contributed by atoms with Gasteiger partial charge in [-0.15, -0.1) is 11.3 Å². The number of hydrogen-bond acceptors (Lipinski definition) is 6. The van der Waals surface area contributed by atoms with Gasteiger partial charge < -0.3 is 5.32 Å². The maximum atomic E-state index is 12.8. The number of aryl methyl sites for hydroxylation is 2. The summed E-state index contributed by atoms with van der Waals surface area (Å²) in [6.07, 6.45) is 5.95. The van der Waals surface area contributed by atoms with Crippen LogP contribution in [0.15, 0.2) is 48.4 Å². The van der Waals surface area contributed by atoms with Gasteiger partial charge in [0.25, 0.3) is 5.78 Å². The maximum Gasteiger partial charge on any atom is 0.252 e. The average Bonchev–Trinajstić information content (AvgIpc) is 3.38. The number of carbonyl (C=O) groups is 1. The lowest BCUT2D eigenvalue weighted by Crippen LogP contribution is -2.29. The molecule has 4 aromatic heterocycles. The zero-order chi connectivity index (χ0) is 19.5. The van der Waals surface area contributed by atoms with Gasteiger partial charge >= 0.3 is 0 Å². The van der Waals surface area contributed by atoms with Gasteiger partial charge in [0.1, 0.15) is 6.33 Å². The van der Waals surface area contributed by atoms with Gasteiger partial charge in [0.2, 0.25) is 5.91 Å². The van der Waals surface area contributed by atoms with E-state index in [1.54, 1.807) is 28.2 Å². The molecule has 1 atom stereocenters. The van der Waals surface area contributed by atoms with Crippen LogP contribution in [0.3, 0.4) is 0 Å². The standard InChI is InChI=1S/C20H20N6OS/c1-13-16(14(2)26-20(24-13)22-12-23-26)5-6-18(27)25-19(17-4-3-11-28-17)15-7-9-21-10-8-15/h3-4,7-12,19H,5-6H2,1-2H3,(H,25,27)/t19-/m1/s1. The molecule has 0 spiro atoms. The monoisotopic (exact) mass is 392 g/mol. The Morgan fingerprint density at radius 2 is 2.07 bits per heavy atom. The Labute approximate surface area is 166 Å². The summed E-state index contributed by atoms with van der Waals surface area (Å²) in [4.78, 5) is 26.5. The van der Waals surface area contributed by atoms with Crippen LogP contribution in [0.5, 0.6) is 0 Å². The number of fused-ring (bicyclic) bond motifs is 1. The van der Waals surface area contributed by atoms with Crippen LogP contribution in [-0.4, -0.2) is 30.5 Å². The third kappa shape index (κ3) is 3.63. The van der Waals surface area contributed by atoms with E-state index in [9.17, 15) is 4.79 Å². The van der Waals surface area contributed by atoms with Crippen molar-refractivity contribution >= 4 is 23.0 Å². The predicted molar refractivity (Wildman–Crippen MR) is 107 cm³/mol. The van der Waals surface area contributed by atoms with Crippen molar-refractivity contribution in [2.45, 2.75) is 32.7 Å². The Balaban J connectivity index is 1.50. The van der Waals surface area contributed by atoms with E-state index in [4.69, 9.17) is 0 Å². The number of amides is 1. The number of thiophene rings is 1. The highest BCUT2D eigenvalue weighted by atomic mass is 32.1. The fraction of sp³-hybridized carbons (Fsp3) is 0.250. The molecule has 1 amide bonds. The first-order valence-corrected chi connectivity index (χ1v) is 9.90. The van der Waals surface area contributed by atoms with Crippen molar-refractivity contribution in [3.63, 3.8) is 0 Å². The summed E-state index contributed by atoms with van der Waals surface area (Å²) in [5.74, 6) is 0.575. The zero-order valence-corrected chi connectivity index (χ0v) is 16.5. The van der Waals surface area contributed by atoms with Crippen molar-refractivity contribution in [3.8, 4) is 0 Å². The summed E-state index contributed by atoms with van der Waals surface area (Å²) in [5.41, 5.74) is 3.90. The Morgan fingerprint density at radius 3 is 2.82 bits per heavy atom. The smallest absolute Gasteiger partial charge is 0.252 e. The fourth-order valence-corrected chi connectivity index (χ4v) is 4.12. The van der Waals surface area contributed by atoms with Crippen LogP contribution < -0.4 is 5.32 Å². The highest BCUT2D eigenvalue weighted by molar-refractivity contribution is 7.10. The second kappa shape index (κ2) is 7.85. The van der Waals surface area contributed by atoms with E-state index in [-0.39, 0.29) is 11.9 Å². The molecule has 0 aliphatic heterocycles. The minimum atomic E-state index is -0.173. The van der Waals surface area contributed by atoms with Crippen molar-refractivity contribution in [1.82, 2.24) is 29.9 Å². The largest absolute Gasteiger partial charge is 0.344 e. The molecule has 0 fully saturated rings. The molecule has 1 N–H and O–H groups in total. The highest BCUT2D eigenvalue weighted by Gasteiger charge is 2.19. The summed E-state index contributed by atoms with van der Waals surface area (Å²) in [6, 6.07) is 7.72. The number of nitrogens with one attached hydrogen (secondary N) is 1. The Morgan fingerprint density at radius 1 is 1.25 bits per heavy atom. The van der Waals surface area contributed by atoms with Gasteiger partial charge in [-0.3, -0.25) is 9.78 Å². The highest BCUT2D eigenvalue weighted by Crippen LogP contribution is 2.26. The second-order valence-electron chi connectivity index (χ2n) is 6.53. The number of nitrogens with zero attached hydrogens (tertiary/aromatic N) is 5. The molecule has 4 aromatic rings. The molecule has 0 bridgehead atoms.